The Balaban J connectivity index is 3.24. The Bertz CT molecular complexity index is 429. The van der Waals surface area contributed by atoms with E-state index in [1.54, 1.807) is 0 Å². The molecular weight excluding hydrogens is 406 g/mol. The molecule has 0 aliphatic rings. The van der Waals surface area contributed by atoms with Gasteiger partial charge < -0.3 is 33.7 Å². The van der Waals surface area contributed by atoms with Crippen molar-refractivity contribution in [3.8, 4) is 0 Å². The Morgan fingerprint density at radius 3 is 1.19 bits per heavy atom. The Labute approximate surface area is 187 Å². The number of esters is 2. The molecule has 0 spiro atoms. The van der Waals surface area contributed by atoms with Crippen molar-refractivity contribution in [1.29, 1.82) is 0 Å². The quantitative estimate of drug-likeness (QED) is 0.249. The molecule has 9 heteroatoms. The molecule has 0 amide bonds. The number of nitrogens with one attached hydrogen (secondary N) is 1. The second-order valence-electron chi connectivity index (χ2n) is 8.87. The van der Waals surface area contributed by atoms with Crippen LogP contribution in [0, 0.1) is 0 Å². The van der Waals surface area contributed by atoms with Gasteiger partial charge in [0.05, 0.1) is 65.7 Å². The standard InChI is InChI=1S/C22H43NO8/c1-21(2,3)30-19(24)7-11-26-15-17-28-13-9-23-10-14-29-18-16-27-12-8-20(25)31-22(4,5)6/h23H,7-18H2,1-6H3. The Morgan fingerprint density at radius 2 is 0.871 bits per heavy atom. The molecule has 0 aliphatic carbocycles. The van der Waals surface area contributed by atoms with E-state index >= 15 is 0 Å². The van der Waals surface area contributed by atoms with Crippen LogP contribution in [0.1, 0.15) is 54.4 Å². The molecule has 0 aromatic carbocycles. The van der Waals surface area contributed by atoms with Gasteiger partial charge in [-0.2, -0.15) is 0 Å². The van der Waals surface area contributed by atoms with E-state index in [1.165, 1.54) is 0 Å². The van der Waals surface area contributed by atoms with Crippen molar-refractivity contribution in [2.45, 2.75) is 65.6 Å². The zero-order valence-corrected chi connectivity index (χ0v) is 20.3. The minimum Gasteiger partial charge on any atom is -0.460 e. The third-order valence-electron chi connectivity index (χ3n) is 3.33. The predicted molar refractivity (Wildman–Crippen MR) is 117 cm³/mol. The maximum absolute atomic E-state index is 11.5. The first kappa shape index (κ1) is 29.7. The molecule has 0 rings (SSSR count). The molecule has 0 radical (unpaired) electrons. The van der Waals surface area contributed by atoms with Crippen LogP contribution in [0.3, 0.4) is 0 Å². The molecule has 0 aromatic rings. The highest BCUT2D eigenvalue weighted by Gasteiger charge is 2.16. The third kappa shape index (κ3) is 24.9. The van der Waals surface area contributed by atoms with Gasteiger partial charge in [-0.25, -0.2) is 0 Å². The van der Waals surface area contributed by atoms with Crippen molar-refractivity contribution < 1.29 is 38.0 Å². The summed E-state index contributed by atoms with van der Waals surface area (Å²) in [5.74, 6) is -0.514. The summed E-state index contributed by atoms with van der Waals surface area (Å²) in [7, 11) is 0. The van der Waals surface area contributed by atoms with Crippen LogP contribution in [0.2, 0.25) is 0 Å². The summed E-state index contributed by atoms with van der Waals surface area (Å²) in [5, 5.41) is 3.21. The lowest BCUT2D eigenvalue weighted by atomic mass is 10.2. The molecule has 31 heavy (non-hydrogen) atoms. The minimum absolute atomic E-state index is 0.244. The van der Waals surface area contributed by atoms with E-state index in [4.69, 9.17) is 28.4 Å². The highest BCUT2D eigenvalue weighted by Crippen LogP contribution is 2.08. The van der Waals surface area contributed by atoms with Crippen molar-refractivity contribution in [1.82, 2.24) is 5.32 Å². The van der Waals surface area contributed by atoms with E-state index in [9.17, 15) is 9.59 Å². The first-order valence-electron chi connectivity index (χ1n) is 10.9. The zero-order valence-electron chi connectivity index (χ0n) is 20.3. The summed E-state index contributed by atoms with van der Waals surface area (Å²) in [6.45, 7) is 16.1. The van der Waals surface area contributed by atoms with Gasteiger partial charge in [-0.1, -0.05) is 0 Å². The fraction of sp³-hybridized carbons (Fsp3) is 0.909. The number of rotatable bonds is 18. The molecular formula is C22H43NO8. The van der Waals surface area contributed by atoms with Crippen LogP contribution < -0.4 is 5.32 Å². The van der Waals surface area contributed by atoms with Gasteiger partial charge in [-0.05, 0) is 41.5 Å². The summed E-state index contributed by atoms with van der Waals surface area (Å²) in [5.41, 5.74) is -0.926. The lowest BCUT2D eigenvalue weighted by molar-refractivity contribution is -0.157. The van der Waals surface area contributed by atoms with Crippen molar-refractivity contribution in [3.05, 3.63) is 0 Å². The van der Waals surface area contributed by atoms with E-state index < -0.39 is 11.2 Å². The molecule has 184 valence electrons. The number of carbonyl (C=O) groups excluding carboxylic acids is 2. The van der Waals surface area contributed by atoms with Crippen LogP contribution in [0.15, 0.2) is 0 Å². The Kier molecular flexibility index (Phi) is 16.6. The summed E-state index contributed by atoms with van der Waals surface area (Å²) in [6, 6.07) is 0. The molecule has 0 aliphatic heterocycles. The summed E-state index contributed by atoms with van der Waals surface area (Å²) < 4.78 is 32.0. The highest BCUT2D eigenvalue weighted by molar-refractivity contribution is 5.70. The second-order valence-corrected chi connectivity index (χ2v) is 8.87. The number of ether oxygens (including phenoxy) is 6. The van der Waals surface area contributed by atoms with Gasteiger partial charge in [-0.15, -0.1) is 0 Å². The molecule has 0 unspecified atom stereocenters. The van der Waals surface area contributed by atoms with Crippen molar-refractivity contribution >= 4 is 11.9 Å². The van der Waals surface area contributed by atoms with Gasteiger partial charge in [0.15, 0.2) is 0 Å². The normalized spacial score (nSPS) is 12.1. The summed E-state index contributed by atoms with van der Waals surface area (Å²) >= 11 is 0. The largest absolute Gasteiger partial charge is 0.460 e. The fourth-order valence-corrected chi connectivity index (χ4v) is 2.15. The zero-order chi connectivity index (χ0) is 23.6. The van der Waals surface area contributed by atoms with Gasteiger partial charge in [0.25, 0.3) is 0 Å². The first-order chi connectivity index (χ1) is 14.5. The van der Waals surface area contributed by atoms with Gasteiger partial charge in [0, 0.05) is 13.1 Å². The molecule has 0 fully saturated rings. The fourth-order valence-electron chi connectivity index (χ4n) is 2.15. The molecule has 1 N–H and O–H groups in total. The molecule has 9 nitrogen and oxygen atoms in total. The first-order valence-corrected chi connectivity index (χ1v) is 10.9. The SMILES string of the molecule is CC(C)(C)OC(=O)CCOCCOCCNCCOCCOCCC(=O)OC(C)(C)C. The van der Waals surface area contributed by atoms with Crippen LogP contribution >= 0.6 is 0 Å². The molecule has 0 heterocycles. The molecule has 0 atom stereocenters. The molecule has 0 bridgehead atoms. The number of carbonyl (C=O) groups is 2. The topological polar surface area (TPSA) is 102 Å². The van der Waals surface area contributed by atoms with Gasteiger partial charge >= 0.3 is 11.9 Å². The second kappa shape index (κ2) is 17.3. The van der Waals surface area contributed by atoms with Crippen molar-refractivity contribution in [2.75, 3.05) is 65.9 Å². The van der Waals surface area contributed by atoms with Crippen LogP contribution in [0.5, 0.6) is 0 Å². The molecule has 0 aromatic heterocycles. The molecule has 0 saturated heterocycles. The summed E-state index contributed by atoms with van der Waals surface area (Å²) in [4.78, 5) is 23.0. The van der Waals surface area contributed by atoms with Crippen LogP contribution in [-0.2, 0) is 38.0 Å². The number of hydrogen-bond acceptors (Lipinski definition) is 9. The van der Waals surface area contributed by atoms with Crippen molar-refractivity contribution in [2.24, 2.45) is 0 Å². The average molecular weight is 450 g/mol. The van der Waals surface area contributed by atoms with Crippen LogP contribution in [-0.4, -0.2) is 89.1 Å². The minimum atomic E-state index is -0.463. The van der Waals surface area contributed by atoms with Crippen LogP contribution in [0.4, 0.5) is 0 Å². The van der Waals surface area contributed by atoms with Gasteiger partial charge in [0.2, 0.25) is 0 Å². The lowest BCUT2D eigenvalue weighted by Gasteiger charge is -2.19. The van der Waals surface area contributed by atoms with Crippen molar-refractivity contribution in [3.63, 3.8) is 0 Å². The predicted octanol–water partition coefficient (Wildman–Crippen LogP) is 2.11. The van der Waals surface area contributed by atoms with E-state index in [0.29, 0.717) is 65.9 Å². The van der Waals surface area contributed by atoms with E-state index in [0.717, 1.165) is 0 Å². The van der Waals surface area contributed by atoms with Gasteiger partial charge in [-0.3, -0.25) is 9.59 Å². The van der Waals surface area contributed by atoms with E-state index in [1.807, 2.05) is 41.5 Å². The highest BCUT2D eigenvalue weighted by atomic mass is 16.6. The maximum atomic E-state index is 11.5. The van der Waals surface area contributed by atoms with E-state index in [-0.39, 0.29) is 24.8 Å². The third-order valence-corrected chi connectivity index (χ3v) is 3.33. The summed E-state index contributed by atoms with van der Waals surface area (Å²) in [6.07, 6.45) is 0.487. The monoisotopic (exact) mass is 449 g/mol. The number of hydrogen-bond donors (Lipinski definition) is 1. The van der Waals surface area contributed by atoms with Crippen LogP contribution in [0.25, 0.3) is 0 Å². The Hall–Kier alpha value is -1.26. The average Bonchev–Trinajstić information content (AvgIpc) is 2.61. The Morgan fingerprint density at radius 1 is 0.548 bits per heavy atom. The van der Waals surface area contributed by atoms with Gasteiger partial charge in [0.1, 0.15) is 11.2 Å². The maximum Gasteiger partial charge on any atom is 0.308 e. The smallest absolute Gasteiger partial charge is 0.308 e. The molecule has 0 saturated carbocycles. The van der Waals surface area contributed by atoms with E-state index in [2.05, 4.69) is 5.32 Å². The lowest BCUT2D eigenvalue weighted by Crippen LogP contribution is -2.25.